The normalized spacial score (nSPS) is 24.5. The number of hydrogen-bond donors (Lipinski definition) is 1. The van der Waals surface area contributed by atoms with Gasteiger partial charge in [-0.15, -0.1) is 0 Å². The van der Waals surface area contributed by atoms with Crippen LogP contribution in [-0.2, 0) is 9.53 Å². The first-order valence-corrected chi connectivity index (χ1v) is 9.86. The highest BCUT2D eigenvalue weighted by molar-refractivity contribution is 6.30. The summed E-state index contributed by atoms with van der Waals surface area (Å²) in [5.74, 6) is -1.56. The van der Waals surface area contributed by atoms with Crippen molar-refractivity contribution in [1.82, 2.24) is 4.90 Å². The topological polar surface area (TPSA) is 66.8 Å². The number of likely N-dealkylation sites (tertiary alicyclic amines) is 1. The maximum Gasteiger partial charge on any atom is 0.308 e. The average molecular weight is 400 g/mol. The first-order valence-electron chi connectivity index (χ1n) is 9.48. The van der Waals surface area contributed by atoms with Crippen molar-refractivity contribution in [3.05, 3.63) is 70.2 Å². The summed E-state index contributed by atoms with van der Waals surface area (Å²) in [7, 11) is 0. The van der Waals surface area contributed by atoms with Crippen LogP contribution in [0.25, 0.3) is 0 Å². The van der Waals surface area contributed by atoms with Gasteiger partial charge in [0, 0.05) is 42.1 Å². The van der Waals surface area contributed by atoms with Gasteiger partial charge in [-0.25, -0.2) is 0 Å². The molecule has 1 unspecified atom stereocenters. The van der Waals surface area contributed by atoms with Crippen molar-refractivity contribution in [3.63, 3.8) is 0 Å². The van der Waals surface area contributed by atoms with Crippen molar-refractivity contribution in [3.8, 4) is 0 Å². The number of halogens is 1. The second-order valence-corrected chi connectivity index (χ2v) is 7.94. The lowest BCUT2D eigenvalue weighted by atomic mass is 9.89. The molecule has 4 rings (SSSR count). The third-order valence-corrected chi connectivity index (χ3v) is 6.01. The second-order valence-electron chi connectivity index (χ2n) is 7.50. The highest BCUT2D eigenvalue weighted by Crippen LogP contribution is 2.34. The molecule has 2 aliphatic heterocycles. The van der Waals surface area contributed by atoms with E-state index >= 15 is 0 Å². The Morgan fingerprint density at radius 3 is 2.54 bits per heavy atom. The maximum atomic E-state index is 13.1. The standard InChI is InChI=1S/C22H22ClNO4/c23-18-6-4-14(5-7-18)19-11-24(12-20(19)22(26)27)21(25)16-3-1-2-15(10-16)17-8-9-28-13-17/h1-7,10,17,19-20H,8-9,11-13H2,(H,26,27)/t17?,19-,20+/m0/s1. The SMILES string of the molecule is O=C(O)[C@@H]1CN(C(=O)c2cccc(C3CCOC3)c2)C[C@H]1c1ccc(Cl)cc1. The Morgan fingerprint density at radius 1 is 1.07 bits per heavy atom. The predicted octanol–water partition coefficient (Wildman–Crippen LogP) is 3.78. The number of carbonyl (C=O) groups excluding carboxylic acids is 1. The van der Waals surface area contributed by atoms with Gasteiger partial charge in [-0.2, -0.15) is 0 Å². The second kappa shape index (κ2) is 7.94. The number of carbonyl (C=O) groups is 2. The van der Waals surface area contributed by atoms with E-state index in [9.17, 15) is 14.7 Å². The number of aliphatic carboxylic acids is 1. The molecular weight excluding hydrogens is 378 g/mol. The zero-order chi connectivity index (χ0) is 19.7. The zero-order valence-corrected chi connectivity index (χ0v) is 16.1. The molecule has 1 N–H and O–H groups in total. The molecule has 2 saturated heterocycles. The Bertz CT molecular complexity index is 876. The molecule has 6 heteroatoms. The van der Waals surface area contributed by atoms with Gasteiger partial charge < -0.3 is 14.7 Å². The quantitative estimate of drug-likeness (QED) is 0.849. The molecule has 2 fully saturated rings. The van der Waals surface area contributed by atoms with Crippen molar-refractivity contribution in [2.45, 2.75) is 18.3 Å². The van der Waals surface area contributed by atoms with Crippen LogP contribution in [0.15, 0.2) is 48.5 Å². The number of amides is 1. The fourth-order valence-corrected chi connectivity index (χ4v) is 4.30. The molecule has 1 amide bonds. The number of carboxylic acids is 1. The van der Waals surface area contributed by atoms with Gasteiger partial charge in [-0.05, 0) is 41.8 Å². The number of rotatable bonds is 4. The van der Waals surface area contributed by atoms with Crippen LogP contribution in [-0.4, -0.2) is 48.2 Å². The van der Waals surface area contributed by atoms with Crippen molar-refractivity contribution in [2.24, 2.45) is 5.92 Å². The highest BCUT2D eigenvalue weighted by atomic mass is 35.5. The van der Waals surface area contributed by atoms with Gasteiger partial charge in [0.25, 0.3) is 5.91 Å². The molecule has 0 saturated carbocycles. The summed E-state index contributed by atoms with van der Waals surface area (Å²) in [4.78, 5) is 26.6. The molecule has 28 heavy (non-hydrogen) atoms. The Kier molecular flexibility index (Phi) is 5.38. The summed E-state index contributed by atoms with van der Waals surface area (Å²) < 4.78 is 5.45. The van der Waals surface area contributed by atoms with E-state index in [1.165, 1.54) is 0 Å². The molecule has 0 aromatic heterocycles. The fourth-order valence-electron chi connectivity index (χ4n) is 4.17. The molecule has 146 valence electrons. The minimum absolute atomic E-state index is 0.122. The fraction of sp³-hybridized carbons (Fsp3) is 0.364. The van der Waals surface area contributed by atoms with E-state index in [-0.39, 0.29) is 18.4 Å². The Morgan fingerprint density at radius 2 is 1.86 bits per heavy atom. The van der Waals surface area contributed by atoms with E-state index < -0.39 is 11.9 Å². The summed E-state index contributed by atoms with van der Waals surface area (Å²) in [6.07, 6.45) is 0.959. The smallest absolute Gasteiger partial charge is 0.308 e. The summed E-state index contributed by atoms with van der Waals surface area (Å²) in [6.45, 7) is 2.02. The van der Waals surface area contributed by atoms with E-state index in [1.54, 1.807) is 23.1 Å². The van der Waals surface area contributed by atoms with Gasteiger partial charge in [0.15, 0.2) is 0 Å². The molecule has 0 radical (unpaired) electrons. The molecule has 0 spiro atoms. The molecule has 2 aliphatic rings. The number of hydrogen-bond acceptors (Lipinski definition) is 3. The van der Waals surface area contributed by atoms with Crippen molar-refractivity contribution in [1.29, 1.82) is 0 Å². The van der Waals surface area contributed by atoms with Crippen LogP contribution in [0, 0.1) is 5.92 Å². The van der Waals surface area contributed by atoms with Crippen LogP contribution < -0.4 is 0 Å². The molecule has 0 aliphatic carbocycles. The Balaban J connectivity index is 1.55. The minimum atomic E-state index is -0.882. The first-order chi connectivity index (χ1) is 13.5. The first kappa shape index (κ1) is 19.0. The molecule has 0 bridgehead atoms. The van der Waals surface area contributed by atoms with Crippen LogP contribution in [0.4, 0.5) is 0 Å². The maximum absolute atomic E-state index is 13.1. The van der Waals surface area contributed by atoms with Crippen molar-refractivity contribution < 1.29 is 19.4 Å². The van der Waals surface area contributed by atoms with E-state index in [0.717, 1.165) is 24.2 Å². The number of carboxylic acid groups (broad SMARTS) is 1. The van der Waals surface area contributed by atoms with Gasteiger partial charge in [-0.1, -0.05) is 35.9 Å². The number of ether oxygens (including phenoxy) is 1. The number of nitrogens with zero attached hydrogens (tertiary/aromatic N) is 1. The van der Waals surface area contributed by atoms with Gasteiger partial charge in [0.2, 0.25) is 0 Å². The lowest BCUT2D eigenvalue weighted by Crippen LogP contribution is -2.30. The van der Waals surface area contributed by atoms with E-state index in [1.807, 2.05) is 30.3 Å². The van der Waals surface area contributed by atoms with Crippen LogP contribution in [0.3, 0.4) is 0 Å². The summed E-state index contributed by atoms with van der Waals surface area (Å²) >= 11 is 5.96. The molecule has 2 aromatic carbocycles. The highest BCUT2D eigenvalue weighted by Gasteiger charge is 2.40. The predicted molar refractivity (Wildman–Crippen MR) is 106 cm³/mol. The van der Waals surface area contributed by atoms with E-state index in [4.69, 9.17) is 16.3 Å². The van der Waals surface area contributed by atoms with Crippen LogP contribution in [0.5, 0.6) is 0 Å². The van der Waals surface area contributed by atoms with Crippen molar-refractivity contribution in [2.75, 3.05) is 26.3 Å². The third kappa shape index (κ3) is 3.77. The monoisotopic (exact) mass is 399 g/mol. The zero-order valence-electron chi connectivity index (χ0n) is 15.4. The van der Waals surface area contributed by atoms with Crippen LogP contribution in [0.2, 0.25) is 5.02 Å². The Hall–Kier alpha value is -2.37. The molecular formula is C22H22ClNO4. The Labute approximate surface area is 168 Å². The molecule has 2 heterocycles. The van der Waals surface area contributed by atoms with Crippen LogP contribution >= 0.6 is 11.6 Å². The number of benzene rings is 2. The molecule has 2 aromatic rings. The summed E-state index contributed by atoms with van der Waals surface area (Å²) in [6, 6.07) is 14.8. The molecule has 3 atom stereocenters. The van der Waals surface area contributed by atoms with Gasteiger partial charge >= 0.3 is 5.97 Å². The largest absolute Gasteiger partial charge is 0.481 e. The summed E-state index contributed by atoms with van der Waals surface area (Å²) in [5.41, 5.74) is 2.60. The van der Waals surface area contributed by atoms with E-state index in [0.29, 0.717) is 29.7 Å². The van der Waals surface area contributed by atoms with Gasteiger partial charge in [0.05, 0.1) is 12.5 Å². The lowest BCUT2D eigenvalue weighted by Gasteiger charge is -2.18. The third-order valence-electron chi connectivity index (χ3n) is 5.76. The van der Waals surface area contributed by atoms with Gasteiger partial charge in [0.1, 0.15) is 0 Å². The summed E-state index contributed by atoms with van der Waals surface area (Å²) in [5, 5.41) is 10.3. The molecule has 5 nitrogen and oxygen atoms in total. The van der Waals surface area contributed by atoms with Gasteiger partial charge in [-0.3, -0.25) is 9.59 Å². The minimum Gasteiger partial charge on any atom is -0.481 e. The van der Waals surface area contributed by atoms with Crippen molar-refractivity contribution >= 4 is 23.5 Å². The van der Waals surface area contributed by atoms with Crippen LogP contribution in [0.1, 0.15) is 39.7 Å². The van der Waals surface area contributed by atoms with E-state index in [2.05, 4.69) is 0 Å². The lowest BCUT2D eigenvalue weighted by molar-refractivity contribution is -0.141. The average Bonchev–Trinajstić information content (AvgIpc) is 3.38.